The number of rotatable bonds is 9. The molecule has 2 N–H and O–H groups in total. The molecule has 2 atom stereocenters. The summed E-state index contributed by atoms with van der Waals surface area (Å²) < 4.78 is 5.68. The van der Waals surface area contributed by atoms with Crippen LogP contribution in [0.4, 0.5) is 4.79 Å². The Morgan fingerprint density at radius 3 is 2.53 bits per heavy atom. The van der Waals surface area contributed by atoms with E-state index < -0.39 is 18.2 Å². The van der Waals surface area contributed by atoms with Gasteiger partial charge in [-0.1, -0.05) is 65.8 Å². The zero-order chi connectivity index (χ0) is 36.3. The van der Waals surface area contributed by atoms with Crippen molar-refractivity contribution in [3.8, 4) is 17.1 Å². The predicted molar refractivity (Wildman–Crippen MR) is 192 cm³/mol. The molecule has 0 saturated carbocycles. The van der Waals surface area contributed by atoms with Crippen LogP contribution in [-0.4, -0.2) is 88.2 Å². The maximum absolute atomic E-state index is 14.5. The van der Waals surface area contributed by atoms with E-state index in [0.717, 1.165) is 27.6 Å². The van der Waals surface area contributed by atoms with Gasteiger partial charge in [-0.25, -0.2) is 9.80 Å². The number of phenols is 1. The first-order valence-corrected chi connectivity index (χ1v) is 17.2. The summed E-state index contributed by atoms with van der Waals surface area (Å²) in [6, 6.07) is 26.0. The lowest BCUT2D eigenvalue weighted by molar-refractivity contribution is -0.193. The second-order valence-electron chi connectivity index (χ2n) is 13.0. The molecule has 8 rings (SSSR count). The summed E-state index contributed by atoms with van der Waals surface area (Å²) in [5, 5.41) is 21.2. The highest BCUT2D eigenvalue weighted by molar-refractivity contribution is 5.92. The molecule has 14 nitrogen and oxygen atoms in total. The molecule has 5 heterocycles. The van der Waals surface area contributed by atoms with Crippen LogP contribution in [-0.2, 0) is 35.6 Å². The molecule has 266 valence electrons. The molecule has 0 unspecified atom stereocenters. The van der Waals surface area contributed by atoms with Crippen LogP contribution in [0.15, 0.2) is 120 Å². The van der Waals surface area contributed by atoms with Gasteiger partial charge in [0.05, 0.1) is 31.3 Å². The van der Waals surface area contributed by atoms with Crippen molar-refractivity contribution in [2.75, 3.05) is 13.1 Å². The van der Waals surface area contributed by atoms with Crippen molar-refractivity contribution in [1.82, 2.24) is 45.2 Å². The number of carbonyl (C=O) groups excluding carboxylic acids is 3. The highest BCUT2D eigenvalue weighted by atomic mass is 16.5. The second kappa shape index (κ2) is 14.5. The molecule has 0 bridgehead atoms. The molecule has 53 heavy (non-hydrogen) atoms. The standard InChI is InChI=1S/C39H35N9O5/c49-29-13-11-26(12-14-29)18-35-38(51)45(22-28-8-4-10-32-31(28)9-5-15-41-32)24-36-47(35)37(50)25-46(48(36)39(52)43-20-27-6-2-1-3-7-27)23-30-19-33(44-53-30)34-21-40-16-17-42-34/h1-17,19,21,35-36,49H,18,20,22-25H2,(H,43,52)/t35-,36-/m0/s1. The first kappa shape index (κ1) is 33.5. The number of hydrogen-bond donors (Lipinski definition) is 2. The van der Waals surface area contributed by atoms with Gasteiger partial charge in [-0.05, 0) is 41.0 Å². The third kappa shape index (κ3) is 6.99. The van der Waals surface area contributed by atoms with E-state index in [-0.39, 0.29) is 56.7 Å². The Morgan fingerprint density at radius 1 is 0.868 bits per heavy atom. The van der Waals surface area contributed by atoms with Crippen LogP contribution in [0.3, 0.4) is 0 Å². The second-order valence-corrected chi connectivity index (χ2v) is 13.0. The fourth-order valence-corrected chi connectivity index (χ4v) is 7.01. The van der Waals surface area contributed by atoms with Gasteiger partial charge in [0, 0.05) is 49.6 Å². The number of hydrazine groups is 1. The van der Waals surface area contributed by atoms with Crippen LogP contribution in [0.5, 0.6) is 5.75 Å². The van der Waals surface area contributed by atoms with Gasteiger partial charge in [0.2, 0.25) is 11.8 Å². The molecule has 2 aliphatic rings. The van der Waals surface area contributed by atoms with Gasteiger partial charge in [0.15, 0.2) is 5.76 Å². The number of amides is 4. The molecule has 0 radical (unpaired) electrons. The highest BCUT2D eigenvalue weighted by Gasteiger charge is 2.51. The van der Waals surface area contributed by atoms with E-state index in [9.17, 15) is 19.5 Å². The van der Waals surface area contributed by atoms with Gasteiger partial charge < -0.3 is 24.7 Å². The number of carbonyl (C=O) groups is 3. The largest absolute Gasteiger partial charge is 0.508 e. The number of aromatic nitrogens is 4. The van der Waals surface area contributed by atoms with Gasteiger partial charge in [-0.3, -0.25) is 24.5 Å². The van der Waals surface area contributed by atoms with Gasteiger partial charge in [-0.2, -0.15) is 5.01 Å². The smallest absolute Gasteiger partial charge is 0.334 e. The lowest BCUT2D eigenvalue weighted by Gasteiger charge is -2.55. The Bertz CT molecular complexity index is 2250. The number of nitrogens with one attached hydrogen (secondary N) is 1. The Hall–Kier alpha value is -6.67. The van der Waals surface area contributed by atoms with Gasteiger partial charge in [-0.15, -0.1) is 0 Å². The fraction of sp³-hybridized carbons (Fsp3) is 0.205. The molecule has 2 aliphatic heterocycles. The first-order chi connectivity index (χ1) is 25.9. The van der Waals surface area contributed by atoms with E-state index in [1.807, 2.05) is 60.7 Å². The number of piperazine rings is 1. The normalized spacial score (nSPS) is 17.6. The predicted octanol–water partition coefficient (Wildman–Crippen LogP) is 4.14. The monoisotopic (exact) mass is 709 g/mol. The average molecular weight is 710 g/mol. The number of pyridine rings is 1. The summed E-state index contributed by atoms with van der Waals surface area (Å²) in [5.74, 6) is -0.0681. The number of hydrogen-bond acceptors (Lipinski definition) is 10. The number of urea groups is 1. The minimum atomic E-state index is -0.931. The van der Waals surface area contributed by atoms with E-state index >= 15 is 0 Å². The van der Waals surface area contributed by atoms with Gasteiger partial charge in [0.1, 0.15) is 29.3 Å². The van der Waals surface area contributed by atoms with Crippen molar-refractivity contribution >= 4 is 28.7 Å². The molecule has 3 aromatic heterocycles. The number of benzene rings is 3. The van der Waals surface area contributed by atoms with Crippen LogP contribution in [0.1, 0.15) is 22.5 Å². The van der Waals surface area contributed by atoms with Crippen molar-refractivity contribution in [1.29, 1.82) is 0 Å². The summed E-state index contributed by atoms with van der Waals surface area (Å²) in [4.78, 5) is 59.4. The molecule has 0 spiro atoms. The van der Waals surface area contributed by atoms with Gasteiger partial charge in [0.25, 0.3) is 0 Å². The van der Waals surface area contributed by atoms with Crippen LogP contribution >= 0.6 is 0 Å². The first-order valence-electron chi connectivity index (χ1n) is 17.2. The molecule has 2 saturated heterocycles. The molecular formula is C39H35N9O5. The minimum Gasteiger partial charge on any atom is -0.508 e. The SMILES string of the molecule is O=C1[C@H](Cc2ccc(O)cc2)N2C(=O)CN(Cc3cc(-c4cnccn4)no3)N(C(=O)NCc3ccccc3)[C@H]2CN1Cc1cccc2ncccc12. The van der Waals surface area contributed by atoms with Crippen molar-refractivity contribution in [3.63, 3.8) is 0 Å². The van der Waals surface area contributed by atoms with Gasteiger partial charge >= 0.3 is 6.03 Å². The Balaban J connectivity index is 1.16. The highest BCUT2D eigenvalue weighted by Crippen LogP contribution is 2.31. The Kier molecular flexibility index (Phi) is 9.17. The maximum Gasteiger partial charge on any atom is 0.334 e. The summed E-state index contributed by atoms with van der Waals surface area (Å²) >= 11 is 0. The molecule has 14 heteroatoms. The van der Waals surface area contributed by atoms with E-state index in [0.29, 0.717) is 17.1 Å². The number of nitrogens with zero attached hydrogens (tertiary/aromatic N) is 8. The number of phenolic OH excluding ortho intramolecular Hbond substituents is 1. The van der Waals surface area contributed by atoms with Crippen molar-refractivity contribution in [3.05, 3.63) is 138 Å². The van der Waals surface area contributed by atoms with Crippen LogP contribution in [0.2, 0.25) is 0 Å². The number of fused-ring (bicyclic) bond motifs is 2. The van der Waals surface area contributed by atoms with E-state index in [1.165, 1.54) is 5.01 Å². The molecule has 2 fully saturated rings. The maximum atomic E-state index is 14.5. The third-order valence-electron chi connectivity index (χ3n) is 9.51. The molecule has 6 aromatic rings. The fourth-order valence-electron chi connectivity index (χ4n) is 7.01. The molecule has 0 aliphatic carbocycles. The van der Waals surface area contributed by atoms with Crippen molar-refractivity contribution in [2.24, 2.45) is 0 Å². The lowest BCUT2D eigenvalue weighted by Crippen LogP contribution is -2.76. The van der Waals surface area contributed by atoms with E-state index in [4.69, 9.17) is 4.52 Å². The summed E-state index contributed by atoms with van der Waals surface area (Å²) in [6.45, 7) is 0.351. The van der Waals surface area contributed by atoms with E-state index in [2.05, 4.69) is 25.4 Å². The Morgan fingerprint density at radius 2 is 1.72 bits per heavy atom. The van der Waals surface area contributed by atoms with Crippen LogP contribution in [0, 0.1) is 0 Å². The molecule has 3 aromatic carbocycles. The van der Waals surface area contributed by atoms with Crippen molar-refractivity contribution in [2.45, 2.75) is 38.3 Å². The Labute approximate surface area is 304 Å². The lowest BCUT2D eigenvalue weighted by atomic mass is 9.98. The zero-order valence-corrected chi connectivity index (χ0v) is 28.5. The third-order valence-corrected chi connectivity index (χ3v) is 9.51. The topological polar surface area (TPSA) is 161 Å². The van der Waals surface area contributed by atoms with E-state index in [1.54, 1.807) is 69.9 Å². The summed E-state index contributed by atoms with van der Waals surface area (Å²) in [7, 11) is 0. The van der Waals surface area contributed by atoms with Crippen LogP contribution in [0.25, 0.3) is 22.3 Å². The van der Waals surface area contributed by atoms with Crippen molar-refractivity contribution < 1.29 is 24.0 Å². The zero-order valence-electron chi connectivity index (χ0n) is 28.5. The van der Waals surface area contributed by atoms with Crippen LogP contribution < -0.4 is 5.32 Å². The quantitative estimate of drug-likeness (QED) is 0.223. The summed E-state index contributed by atoms with van der Waals surface area (Å²) in [5.41, 5.74) is 4.32. The number of aromatic hydroxyl groups is 1. The average Bonchev–Trinajstić information content (AvgIpc) is 3.66. The molecule has 4 amide bonds. The summed E-state index contributed by atoms with van der Waals surface area (Å²) in [6.07, 6.45) is 5.72. The minimum absolute atomic E-state index is 0.0354. The molecular weight excluding hydrogens is 674 g/mol.